The highest BCUT2D eigenvalue weighted by Crippen LogP contribution is 2.30. The smallest absolute Gasteiger partial charge is 0.416 e. The second-order valence-electron chi connectivity index (χ2n) is 6.30. The number of carbonyl (C=O) groups is 1. The minimum absolute atomic E-state index is 0.109. The molecule has 1 heterocycles. The Labute approximate surface area is 164 Å². The molecule has 0 aliphatic carbocycles. The largest absolute Gasteiger partial charge is 0.484 e. The van der Waals surface area contributed by atoms with Crippen LogP contribution in [-0.2, 0) is 18.0 Å². The summed E-state index contributed by atoms with van der Waals surface area (Å²) in [4.78, 5) is 24.9. The van der Waals surface area contributed by atoms with Crippen LogP contribution in [0.3, 0.4) is 0 Å². The molecule has 0 aliphatic rings. The van der Waals surface area contributed by atoms with Gasteiger partial charge in [0.1, 0.15) is 11.4 Å². The predicted octanol–water partition coefficient (Wildman–Crippen LogP) is 3.52. The Balaban J connectivity index is 1.71. The highest BCUT2D eigenvalue weighted by Gasteiger charge is 2.30. The van der Waals surface area contributed by atoms with Crippen molar-refractivity contribution in [1.29, 1.82) is 0 Å². The molecule has 2 aromatic carbocycles. The van der Waals surface area contributed by atoms with Crippen molar-refractivity contribution in [3.63, 3.8) is 0 Å². The Morgan fingerprint density at radius 1 is 1.07 bits per heavy atom. The number of ether oxygens (including phenoxy) is 1. The van der Waals surface area contributed by atoms with E-state index in [1.807, 2.05) is 6.07 Å². The summed E-state index contributed by atoms with van der Waals surface area (Å²) < 4.78 is 46.0. The zero-order valence-electron chi connectivity index (χ0n) is 15.7. The van der Waals surface area contributed by atoms with Crippen LogP contribution in [-0.4, -0.2) is 21.9 Å². The van der Waals surface area contributed by atoms with E-state index in [4.69, 9.17) is 4.74 Å². The summed E-state index contributed by atoms with van der Waals surface area (Å²) in [6.45, 7) is 1.23. The molecule has 29 heavy (non-hydrogen) atoms. The summed E-state index contributed by atoms with van der Waals surface area (Å²) in [6, 6.07) is 12.9. The molecule has 0 saturated carbocycles. The van der Waals surface area contributed by atoms with E-state index in [-0.39, 0.29) is 11.4 Å². The lowest BCUT2D eigenvalue weighted by molar-refractivity contribution is -0.137. The molecule has 0 radical (unpaired) electrons. The first-order valence-electron chi connectivity index (χ1n) is 8.62. The fourth-order valence-corrected chi connectivity index (χ4v) is 2.78. The molecular weight excluding hydrogens is 387 g/mol. The summed E-state index contributed by atoms with van der Waals surface area (Å²) >= 11 is 0. The number of alkyl halides is 3. The number of hydrogen-bond donors (Lipinski definition) is 1. The van der Waals surface area contributed by atoms with Crippen LogP contribution >= 0.6 is 0 Å². The molecule has 0 fully saturated rings. The molecule has 1 amide bonds. The van der Waals surface area contributed by atoms with Crippen molar-refractivity contribution in [2.45, 2.75) is 13.1 Å². The number of benzene rings is 2. The van der Waals surface area contributed by atoms with Crippen molar-refractivity contribution < 1.29 is 22.7 Å². The summed E-state index contributed by atoms with van der Waals surface area (Å²) in [7, 11) is 1.69. The number of nitrogens with zero attached hydrogens (tertiary/aromatic N) is 2. The molecule has 0 atom stereocenters. The summed E-state index contributed by atoms with van der Waals surface area (Å²) in [5.74, 6) is -0.490. The average Bonchev–Trinajstić information content (AvgIpc) is 2.90. The fraction of sp³-hybridized carbons (Fsp3) is 0.200. The highest BCUT2D eigenvalue weighted by molar-refractivity contribution is 5.92. The van der Waals surface area contributed by atoms with Gasteiger partial charge in [0.25, 0.3) is 11.5 Å². The van der Waals surface area contributed by atoms with Crippen LogP contribution in [0.5, 0.6) is 5.75 Å². The van der Waals surface area contributed by atoms with Crippen LogP contribution in [0.1, 0.15) is 11.3 Å². The van der Waals surface area contributed by atoms with Crippen LogP contribution in [0.4, 0.5) is 18.9 Å². The van der Waals surface area contributed by atoms with Gasteiger partial charge in [0.15, 0.2) is 6.61 Å². The zero-order chi connectivity index (χ0) is 21.2. The second-order valence-corrected chi connectivity index (χ2v) is 6.30. The van der Waals surface area contributed by atoms with Gasteiger partial charge in [-0.1, -0.05) is 18.2 Å². The zero-order valence-corrected chi connectivity index (χ0v) is 15.7. The van der Waals surface area contributed by atoms with Gasteiger partial charge in [0.2, 0.25) is 0 Å². The number of nitrogens with one attached hydrogen (secondary N) is 1. The number of amides is 1. The van der Waals surface area contributed by atoms with Gasteiger partial charge in [0.05, 0.1) is 16.9 Å². The minimum Gasteiger partial charge on any atom is -0.484 e. The molecule has 0 bridgehead atoms. The lowest BCUT2D eigenvalue weighted by Gasteiger charge is -2.09. The van der Waals surface area contributed by atoms with E-state index in [1.54, 1.807) is 42.9 Å². The van der Waals surface area contributed by atoms with Gasteiger partial charge in [-0.15, -0.1) is 0 Å². The van der Waals surface area contributed by atoms with E-state index in [9.17, 15) is 22.8 Å². The number of anilines is 1. The monoisotopic (exact) mass is 405 g/mol. The van der Waals surface area contributed by atoms with Crippen molar-refractivity contribution in [3.8, 4) is 11.4 Å². The summed E-state index contributed by atoms with van der Waals surface area (Å²) in [6.07, 6.45) is -4.45. The first kappa shape index (κ1) is 20.2. The van der Waals surface area contributed by atoms with Gasteiger partial charge in [-0.2, -0.15) is 13.2 Å². The minimum atomic E-state index is -4.45. The number of para-hydroxylation sites is 1. The molecule has 1 aromatic heterocycles. The Bertz CT molecular complexity index is 1070. The van der Waals surface area contributed by atoms with Crippen molar-refractivity contribution in [3.05, 3.63) is 76.2 Å². The van der Waals surface area contributed by atoms with Crippen molar-refractivity contribution in [2.75, 3.05) is 11.9 Å². The third-order valence-electron chi connectivity index (χ3n) is 4.37. The van der Waals surface area contributed by atoms with Gasteiger partial charge in [-0.05, 0) is 43.3 Å². The number of aromatic nitrogens is 2. The number of hydrogen-bond acceptors (Lipinski definition) is 3. The molecule has 0 aliphatic heterocycles. The maximum atomic E-state index is 12.7. The Morgan fingerprint density at radius 3 is 2.28 bits per heavy atom. The van der Waals surface area contributed by atoms with Gasteiger partial charge in [-0.25, -0.2) is 4.68 Å². The maximum absolute atomic E-state index is 12.7. The van der Waals surface area contributed by atoms with Crippen LogP contribution in [0.25, 0.3) is 5.69 Å². The van der Waals surface area contributed by atoms with Gasteiger partial charge >= 0.3 is 6.18 Å². The average molecular weight is 405 g/mol. The topological polar surface area (TPSA) is 65.3 Å². The Kier molecular flexibility index (Phi) is 5.49. The SMILES string of the molecule is Cc1c(NC(=O)COc2ccc(C(F)(F)F)cc2)c(=O)n(-c2ccccc2)n1C. The molecular formula is C20H18F3N3O3. The van der Waals surface area contributed by atoms with Gasteiger partial charge in [0, 0.05) is 7.05 Å². The third kappa shape index (κ3) is 4.34. The highest BCUT2D eigenvalue weighted by atomic mass is 19.4. The van der Waals surface area contributed by atoms with E-state index in [2.05, 4.69) is 5.32 Å². The molecule has 6 nitrogen and oxygen atoms in total. The molecule has 0 unspecified atom stereocenters. The van der Waals surface area contributed by atoms with Gasteiger partial charge in [-0.3, -0.25) is 14.3 Å². The number of halogens is 3. The van der Waals surface area contributed by atoms with Crippen LogP contribution < -0.4 is 15.6 Å². The van der Waals surface area contributed by atoms with E-state index < -0.39 is 29.8 Å². The second kappa shape index (κ2) is 7.86. The van der Waals surface area contributed by atoms with E-state index in [0.29, 0.717) is 11.4 Å². The van der Waals surface area contributed by atoms with Crippen molar-refractivity contribution >= 4 is 11.6 Å². The fourth-order valence-electron chi connectivity index (χ4n) is 2.78. The van der Waals surface area contributed by atoms with E-state index >= 15 is 0 Å². The molecule has 0 saturated heterocycles. The van der Waals surface area contributed by atoms with E-state index in [0.717, 1.165) is 24.3 Å². The van der Waals surface area contributed by atoms with Crippen molar-refractivity contribution in [1.82, 2.24) is 9.36 Å². The van der Waals surface area contributed by atoms with Crippen molar-refractivity contribution in [2.24, 2.45) is 7.05 Å². The quantitative estimate of drug-likeness (QED) is 0.707. The number of rotatable bonds is 5. The molecule has 3 rings (SSSR count). The Morgan fingerprint density at radius 2 is 1.69 bits per heavy atom. The maximum Gasteiger partial charge on any atom is 0.416 e. The molecule has 152 valence electrons. The molecule has 1 N–H and O–H groups in total. The van der Waals surface area contributed by atoms with E-state index in [1.165, 1.54) is 4.68 Å². The normalized spacial score (nSPS) is 11.3. The molecule has 0 spiro atoms. The Hall–Kier alpha value is -3.49. The predicted molar refractivity (Wildman–Crippen MR) is 101 cm³/mol. The third-order valence-corrected chi connectivity index (χ3v) is 4.37. The summed E-state index contributed by atoms with van der Waals surface area (Å²) in [5.41, 5.74) is 0.0819. The number of carbonyl (C=O) groups excluding carboxylic acids is 1. The van der Waals surface area contributed by atoms with Crippen LogP contribution in [0, 0.1) is 6.92 Å². The molecule has 3 aromatic rings. The first-order chi connectivity index (χ1) is 13.7. The standard InChI is InChI=1S/C20H18F3N3O3/c1-13-18(19(28)26(25(13)2)15-6-4-3-5-7-15)24-17(27)12-29-16-10-8-14(9-11-16)20(21,22)23/h3-11H,12H2,1-2H3,(H,24,27). The lowest BCUT2D eigenvalue weighted by Crippen LogP contribution is -2.25. The van der Waals surface area contributed by atoms with Crippen LogP contribution in [0.2, 0.25) is 0 Å². The molecule has 9 heteroatoms. The van der Waals surface area contributed by atoms with Gasteiger partial charge < -0.3 is 10.1 Å². The lowest BCUT2D eigenvalue weighted by atomic mass is 10.2. The van der Waals surface area contributed by atoms with Crippen LogP contribution in [0.15, 0.2) is 59.4 Å². The first-order valence-corrected chi connectivity index (χ1v) is 8.62. The summed E-state index contributed by atoms with van der Waals surface area (Å²) in [5, 5.41) is 2.52.